The van der Waals surface area contributed by atoms with Gasteiger partial charge >= 0.3 is 0 Å². The minimum Gasteiger partial charge on any atom is -0.219 e. The maximum atomic E-state index is 9.89. The summed E-state index contributed by atoms with van der Waals surface area (Å²) in [5.74, 6) is 0.323. The highest BCUT2D eigenvalue weighted by molar-refractivity contribution is 5.49. The Morgan fingerprint density at radius 3 is 3.25 bits per heavy atom. The summed E-state index contributed by atoms with van der Waals surface area (Å²) in [6, 6.07) is 3.54. The summed E-state index contributed by atoms with van der Waals surface area (Å²) in [6.45, 7) is 0. The Balaban J connectivity index is 2.69. The molecule has 12 heavy (non-hydrogen) atoms. The summed E-state index contributed by atoms with van der Waals surface area (Å²) in [6.07, 6.45) is 4.60. The second-order valence-electron chi connectivity index (χ2n) is 2.13. The highest BCUT2D eigenvalue weighted by Crippen LogP contribution is 2.09. The van der Waals surface area contributed by atoms with Crippen LogP contribution in [0.4, 0.5) is 5.82 Å². The summed E-state index contributed by atoms with van der Waals surface area (Å²) in [5, 5.41) is 3.95. The summed E-state index contributed by atoms with van der Waals surface area (Å²) in [7, 11) is 0. The highest BCUT2D eigenvalue weighted by Gasteiger charge is 1.97. The van der Waals surface area contributed by atoms with Gasteiger partial charge in [-0.15, -0.1) is 4.99 Å². The molecule has 5 nitrogen and oxygen atoms in total. The molecule has 58 valence electrons. The van der Waals surface area contributed by atoms with Crippen LogP contribution in [-0.4, -0.2) is 20.7 Å². The number of rotatable bonds is 1. The molecular weight excluding hydrogens is 156 g/mol. The number of isocyanates is 1. The third kappa shape index (κ3) is 0.980. The number of nitrogens with zero attached hydrogens (tertiary/aromatic N) is 4. The standard InChI is InChI=1S/C7H4N4O/c12-5-8-6-4-11-7(10-6)2-1-3-9-11/h1-4H. The zero-order valence-corrected chi connectivity index (χ0v) is 6.01. The molecule has 0 aliphatic heterocycles. The molecule has 0 atom stereocenters. The third-order valence-corrected chi connectivity index (χ3v) is 1.38. The monoisotopic (exact) mass is 160 g/mol. The molecule has 0 unspecified atom stereocenters. The Labute approximate surface area is 67.4 Å². The first kappa shape index (κ1) is 6.69. The van der Waals surface area contributed by atoms with Crippen LogP contribution < -0.4 is 0 Å². The van der Waals surface area contributed by atoms with E-state index >= 15 is 0 Å². The zero-order chi connectivity index (χ0) is 8.39. The lowest BCUT2D eigenvalue weighted by molar-refractivity contribution is 0.565. The van der Waals surface area contributed by atoms with Gasteiger partial charge in [0.2, 0.25) is 6.08 Å². The number of hydrogen-bond acceptors (Lipinski definition) is 4. The lowest BCUT2D eigenvalue weighted by Gasteiger charge is -1.85. The molecule has 0 aromatic carbocycles. The first-order valence-electron chi connectivity index (χ1n) is 3.28. The van der Waals surface area contributed by atoms with Crippen molar-refractivity contribution in [2.45, 2.75) is 0 Å². The summed E-state index contributed by atoms with van der Waals surface area (Å²) >= 11 is 0. The summed E-state index contributed by atoms with van der Waals surface area (Å²) < 4.78 is 1.54. The van der Waals surface area contributed by atoms with Crippen LogP contribution in [0.25, 0.3) is 5.65 Å². The molecule has 0 aliphatic rings. The second-order valence-corrected chi connectivity index (χ2v) is 2.13. The van der Waals surface area contributed by atoms with Crippen LogP contribution in [0, 0.1) is 0 Å². The van der Waals surface area contributed by atoms with Crippen molar-refractivity contribution in [3.8, 4) is 0 Å². The smallest absolute Gasteiger partial charge is 0.219 e. The number of aromatic nitrogens is 3. The van der Waals surface area contributed by atoms with Crippen molar-refractivity contribution in [3.63, 3.8) is 0 Å². The lowest BCUT2D eigenvalue weighted by atomic mass is 10.6. The number of carbonyl (C=O) groups excluding carboxylic acids is 1. The van der Waals surface area contributed by atoms with Gasteiger partial charge in [0.15, 0.2) is 11.5 Å². The Morgan fingerprint density at radius 2 is 2.50 bits per heavy atom. The maximum Gasteiger partial charge on any atom is 0.242 e. The predicted octanol–water partition coefficient (Wildman–Crippen LogP) is 0.697. The van der Waals surface area contributed by atoms with Crippen molar-refractivity contribution in [1.82, 2.24) is 14.6 Å². The third-order valence-electron chi connectivity index (χ3n) is 1.38. The van der Waals surface area contributed by atoms with Crippen LogP contribution in [-0.2, 0) is 4.79 Å². The van der Waals surface area contributed by atoms with E-state index in [1.54, 1.807) is 24.5 Å². The molecule has 2 heterocycles. The van der Waals surface area contributed by atoms with Crippen LogP contribution in [0.15, 0.2) is 29.5 Å². The fraction of sp³-hybridized carbons (Fsp3) is 0. The summed E-state index contributed by atoms with van der Waals surface area (Å²) in [4.78, 5) is 17.2. The van der Waals surface area contributed by atoms with E-state index in [2.05, 4.69) is 15.1 Å². The van der Waals surface area contributed by atoms with Gasteiger partial charge in [-0.05, 0) is 12.1 Å². The predicted molar refractivity (Wildman–Crippen MR) is 40.8 cm³/mol. The Kier molecular flexibility index (Phi) is 1.43. The van der Waals surface area contributed by atoms with Gasteiger partial charge in [-0.1, -0.05) is 0 Å². The fourth-order valence-electron chi connectivity index (χ4n) is 0.919. The van der Waals surface area contributed by atoms with Crippen molar-refractivity contribution >= 4 is 17.5 Å². The van der Waals surface area contributed by atoms with E-state index in [1.807, 2.05) is 0 Å². The molecule has 0 bridgehead atoms. The van der Waals surface area contributed by atoms with E-state index in [9.17, 15) is 4.79 Å². The van der Waals surface area contributed by atoms with Gasteiger partial charge in [0.05, 0.1) is 6.20 Å². The van der Waals surface area contributed by atoms with E-state index in [-0.39, 0.29) is 0 Å². The van der Waals surface area contributed by atoms with Crippen LogP contribution >= 0.6 is 0 Å². The average molecular weight is 160 g/mol. The zero-order valence-electron chi connectivity index (χ0n) is 6.01. The molecule has 0 radical (unpaired) electrons. The van der Waals surface area contributed by atoms with Crippen LogP contribution in [0.5, 0.6) is 0 Å². The van der Waals surface area contributed by atoms with Gasteiger partial charge in [-0.3, -0.25) is 0 Å². The van der Waals surface area contributed by atoms with Gasteiger partial charge in [-0.25, -0.2) is 14.3 Å². The number of hydrogen-bond donors (Lipinski definition) is 0. The molecule has 2 rings (SSSR count). The molecule has 0 aliphatic carbocycles. The number of aliphatic imine (C=N–C) groups is 1. The molecule has 5 heteroatoms. The highest BCUT2D eigenvalue weighted by atomic mass is 16.1. The molecule has 0 saturated heterocycles. The molecule has 0 N–H and O–H groups in total. The second kappa shape index (κ2) is 2.56. The molecule has 0 fully saturated rings. The Morgan fingerprint density at radius 1 is 1.58 bits per heavy atom. The topological polar surface area (TPSA) is 59.6 Å². The van der Waals surface area contributed by atoms with Gasteiger partial charge < -0.3 is 0 Å². The number of imidazole rings is 1. The number of fused-ring (bicyclic) bond motifs is 1. The maximum absolute atomic E-state index is 9.89. The van der Waals surface area contributed by atoms with E-state index in [4.69, 9.17) is 0 Å². The van der Waals surface area contributed by atoms with Crippen LogP contribution in [0.2, 0.25) is 0 Å². The first-order chi connectivity index (χ1) is 5.90. The van der Waals surface area contributed by atoms with Crippen LogP contribution in [0.3, 0.4) is 0 Å². The molecule has 0 saturated carbocycles. The minimum absolute atomic E-state index is 0.323. The summed E-state index contributed by atoms with van der Waals surface area (Å²) in [5.41, 5.74) is 0.659. The Bertz CT molecular complexity index is 422. The van der Waals surface area contributed by atoms with Gasteiger partial charge in [0.1, 0.15) is 0 Å². The largest absolute Gasteiger partial charge is 0.242 e. The lowest BCUT2D eigenvalue weighted by Crippen LogP contribution is -1.85. The quantitative estimate of drug-likeness (QED) is 0.455. The van der Waals surface area contributed by atoms with Crippen molar-refractivity contribution in [2.75, 3.05) is 0 Å². The van der Waals surface area contributed by atoms with E-state index in [1.165, 1.54) is 10.6 Å². The van der Waals surface area contributed by atoms with Gasteiger partial charge in [0.25, 0.3) is 0 Å². The van der Waals surface area contributed by atoms with E-state index < -0.39 is 0 Å². The van der Waals surface area contributed by atoms with E-state index in [0.717, 1.165) is 0 Å². The van der Waals surface area contributed by atoms with Crippen molar-refractivity contribution < 1.29 is 4.79 Å². The van der Waals surface area contributed by atoms with Crippen molar-refractivity contribution in [1.29, 1.82) is 0 Å². The molecular formula is C7H4N4O. The minimum atomic E-state index is 0.323. The normalized spacial score (nSPS) is 9.67. The van der Waals surface area contributed by atoms with E-state index in [0.29, 0.717) is 11.5 Å². The van der Waals surface area contributed by atoms with Gasteiger partial charge in [-0.2, -0.15) is 5.10 Å². The molecule has 0 spiro atoms. The molecule has 2 aromatic rings. The van der Waals surface area contributed by atoms with Crippen LogP contribution in [0.1, 0.15) is 0 Å². The van der Waals surface area contributed by atoms with Crippen molar-refractivity contribution in [3.05, 3.63) is 24.5 Å². The SMILES string of the molecule is O=C=Nc1cn2ncccc2n1. The van der Waals surface area contributed by atoms with Gasteiger partial charge in [0, 0.05) is 6.20 Å². The fourth-order valence-corrected chi connectivity index (χ4v) is 0.919. The average Bonchev–Trinajstić information content (AvgIpc) is 2.47. The molecule has 2 aromatic heterocycles. The molecule has 0 amide bonds. The Hall–Kier alpha value is -2.00. The van der Waals surface area contributed by atoms with Crippen molar-refractivity contribution in [2.24, 2.45) is 4.99 Å². The first-order valence-corrected chi connectivity index (χ1v) is 3.28.